The molecule has 1 aromatic heterocycles. The Morgan fingerprint density at radius 2 is 1.60 bits per heavy atom. The van der Waals surface area contributed by atoms with Gasteiger partial charge in [0.15, 0.2) is 5.69 Å². The summed E-state index contributed by atoms with van der Waals surface area (Å²) < 4.78 is 34.2. The first-order valence-corrected chi connectivity index (χ1v) is 11.8. The van der Waals surface area contributed by atoms with Crippen molar-refractivity contribution in [1.82, 2.24) is 0 Å². The van der Waals surface area contributed by atoms with Gasteiger partial charge in [-0.1, -0.05) is 37.5 Å². The van der Waals surface area contributed by atoms with Gasteiger partial charge in [-0.25, -0.2) is 13.2 Å². The second-order valence-electron chi connectivity index (χ2n) is 8.04. The van der Waals surface area contributed by atoms with Gasteiger partial charge in [-0.05, 0) is 62.1 Å². The molecule has 6 nitrogen and oxygen atoms in total. The average Bonchev–Trinajstić information content (AvgIpc) is 2.70. The Morgan fingerprint density at radius 1 is 0.933 bits per heavy atom. The van der Waals surface area contributed by atoms with Crippen molar-refractivity contribution in [3.05, 3.63) is 64.0 Å². The molecule has 158 valence electrons. The van der Waals surface area contributed by atoms with Crippen LogP contribution in [0.15, 0.2) is 56.6 Å². The average molecular weight is 427 g/mol. The molecule has 1 aliphatic rings. The van der Waals surface area contributed by atoms with E-state index in [1.54, 1.807) is 24.3 Å². The smallest absolute Gasteiger partial charge is 0.363 e. The zero-order valence-corrected chi connectivity index (χ0v) is 18.0. The number of fused-ring (bicyclic) bond motifs is 1. The maximum Gasteiger partial charge on any atom is 0.363 e. The molecule has 7 heteroatoms. The molecule has 0 bridgehead atoms. The number of sulfonamides is 1. The van der Waals surface area contributed by atoms with Crippen molar-refractivity contribution in [2.45, 2.75) is 56.9 Å². The van der Waals surface area contributed by atoms with E-state index in [2.05, 4.69) is 10.0 Å². The molecule has 0 unspecified atom stereocenters. The Hall–Kier alpha value is -2.80. The molecular weight excluding hydrogens is 400 g/mol. The molecule has 2 N–H and O–H groups in total. The normalized spacial score (nSPS) is 15.3. The minimum atomic E-state index is -3.96. The first kappa shape index (κ1) is 20.5. The lowest BCUT2D eigenvalue weighted by atomic mass is 9.95. The molecule has 4 rings (SSSR count). The Balaban J connectivity index is 1.82. The van der Waals surface area contributed by atoms with Crippen molar-refractivity contribution in [3.63, 3.8) is 0 Å². The zero-order chi connectivity index (χ0) is 21.3. The highest BCUT2D eigenvalue weighted by molar-refractivity contribution is 7.92. The summed E-state index contributed by atoms with van der Waals surface area (Å²) in [6.07, 6.45) is 5.39. The van der Waals surface area contributed by atoms with Crippen LogP contribution in [-0.4, -0.2) is 14.5 Å². The van der Waals surface area contributed by atoms with Gasteiger partial charge in [0.25, 0.3) is 10.0 Å². The second kappa shape index (κ2) is 8.14. The molecule has 1 aliphatic carbocycles. The maximum atomic E-state index is 13.1. The quantitative estimate of drug-likeness (QED) is 0.563. The van der Waals surface area contributed by atoms with E-state index in [0.29, 0.717) is 16.7 Å². The summed E-state index contributed by atoms with van der Waals surface area (Å²) in [6.45, 7) is 3.68. The molecule has 1 fully saturated rings. The second-order valence-corrected chi connectivity index (χ2v) is 9.73. The topological polar surface area (TPSA) is 88.4 Å². The van der Waals surface area contributed by atoms with Crippen molar-refractivity contribution in [2.75, 3.05) is 10.0 Å². The molecule has 0 saturated heterocycles. The summed E-state index contributed by atoms with van der Waals surface area (Å²) in [5.74, 6) is 0. The minimum absolute atomic E-state index is 0.0709. The number of aryl methyl sites for hydroxylation is 2. The lowest BCUT2D eigenvalue weighted by Gasteiger charge is -2.25. The van der Waals surface area contributed by atoms with Crippen molar-refractivity contribution < 1.29 is 12.8 Å². The minimum Gasteiger partial charge on any atom is -0.421 e. The van der Waals surface area contributed by atoms with E-state index in [9.17, 15) is 13.2 Å². The highest BCUT2D eigenvalue weighted by Crippen LogP contribution is 2.33. The summed E-state index contributed by atoms with van der Waals surface area (Å²) in [5, 5.41) is 4.12. The molecule has 2 aromatic carbocycles. The summed E-state index contributed by atoms with van der Waals surface area (Å²) in [4.78, 5) is 12.9. The summed E-state index contributed by atoms with van der Waals surface area (Å²) in [5.41, 5.74) is 1.80. The van der Waals surface area contributed by atoms with E-state index in [-0.39, 0.29) is 16.6 Å². The standard InChI is InChI=1S/C23H26N2O4S/c1-15-12-16(2)14-18(13-15)30(27,28)25-22-21(24-17-8-4-3-5-9-17)19-10-6-7-11-20(19)29-23(22)26/h6-7,10-14,17,24-25H,3-5,8-9H2,1-2H3. The molecule has 1 saturated carbocycles. The predicted octanol–water partition coefficient (Wildman–Crippen LogP) is 4.96. The molecule has 0 radical (unpaired) electrons. The first-order valence-electron chi connectivity index (χ1n) is 10.3. The third-order valence-corrected chi connectivity index (χ3v) is 6.84. The summed E-state index contributed by atoms with van der Waals surface area (Å²) in [6, 6.07) is 12.4. The van der Waals surface area contributed by atoms with Gasteiger partial charge < -0.3 is 9.73 Å². The van der Waals surface area contributed by atoms with Gasteiger partial charge in [0, 0.05) is 11.4 Å². The van der Waals surface area contributed by atoms with Crippen LogP contribution in [0.2, 0.25) is 0 Å². The van der Waals surface area contributed by atoms with E-state index in [1.165, 1.54) is 6.42 Å². The van der Waals surface area contributed by atoms with Crippen molar-refractivity contribution in [2.24, 2.45) is 0 Å². The Bertz CT molecular complexity index is 1220. The van der Waals surface area contributed by atoms with Crippen molar-refractivity contribution >= 4 is 32.4 Å². The van der Waals surface area contributed by atoms with Crippen LogP contribution < -0.4 is 15.7 Å². The number of hydrogen-bond donors (Lipinski definition) is 2. The van der Waals surface area contributed by atoms with Crippen LogP contribution >= 0.6 is 0 Å². The third kappa shape index (κ3) is 4.21. The fraction of sp³-hybridized carbons (Fsp3) is 0.348. The summed E-state index contributed by atoms with van der Waals surface area (Å²) in [7, 11) is -3.96. The monoisotopic (exact) mass is 426 g/mol. The molecular formula is C23H26N2O4S. The van der Waals surface area contributed by atoms with Gasteiger partial charge in [-0.2, -0.15) is 0 Å². The van der Waals surface area contributed by atoms with E-state index in [0.717, 1.165) is 36.8 Å². The lowest BCUT2D eigenvalue weighted by Crippen LogP contribution is -2.26. The van der Waals surface area contributed by atoms with Crippen molar-refractivity contribution in [1.29, 1.82) is 0 Å². The highest BCUT2D eigenvalue weighted by atomic mass is 32.2. The van der Waals surface area contributed by atoms with Crippen LogP contribution in [0.3, 0.4) is 0 Å². The van der Waals surface area contributed by atoms with Gasteiger partial charge in [-0.15, -0.1) is 0 Å². The molecule has 30 heavy (non-hydrogen) atoms. The van der Waals surface area contributed by atoms with Gasteiger partial charge in [0.2, 0.25) is 0 Å². The number of para-hydroxylation sites is 1. The van der Waals surface area contributed by atoms with E-state index in [4.69, 9.17) is 4.42 Å². The number of benzene rings is 2. The molecule has 1 heterocycles. The number of hydrogen-bond acceptors (Lipinski definition) is 5. The SMILES string of the molecule is Cc1cc(C)cc(S(=O)(=O)Nc2c(NC3CCCCC3)c3ccccc3oc2=O)c1. The Kier molecular flexibility index (Phi) is 5.56. The fourth-order valence-corrected chi connectivity index (χ4v) is 5.38. The fourth-order valence-electron chi connectivity index (χ4n) is 4.12. The highest BCUT2D eigenvalue weighted by Gasteiger charge is 2.24. The maximum absolute atomic E-state index is 13.1. The van der Waals surface area contributed by atoms with Gasteiger partial charge in [-0.3, -0.25) is 4.72 Å². The van der Waals surface area contributed by atoms with Crippen LogP contribution in [0.5, 0.6) is 0 Å². The molecule has 0 atom stereocenters. The van der Waals surface area contributed by atoms with E-state index < -0.39 is 15.6 Å². The molecule has 0 aliphatic heterocycles. The molecule has 0 amide bonds. The number of anilines is 2. The predicted molar refractivity (Wildman–Crippen MR) is 120 cm³/mol. The van der Waals surface area contributed by atoms with Crippen LogP contribution in [0.1, 0.15) is 43.2 Å². The Morgan fingerprint density at radius 3 is 2.30 bits per heavy atom. The summed E-state index contributed by atoms with van der Waals surface area (Å²) >= 11 is 0. The van der Waals surface area contributed by atoms with Gasteiger partial charge >= 0.3 is 5.63 Å². The van der Waals surface area contributed by atoms with E-state index >= 15 is 0 Å². The Labute approximate surface area is 176 Å². The lowest BCUT2D eigenvalue weighted by molar-refractivity contribution is 0.462. The van der Waals surface area contributed by atoms with Crippen LogP contribution in [0.4, 0.5) is 11.4 Å². The van der Waals surface area contributed by atoms with Gasteiger partial charge in [0.05, 0.1) is 10.6 Å². The van der Waals surface area contributed by atoms with Gasteiger partial charge in [0.1, 0.15) is 5.58 Å². The third-order valence-electron chi connectivity index (χ3n) is 5.51. The molecule has 3 aromatic rings. The van der Waals surface area contributed by atoms with E-state index in [1.807, 2.05) is 32.0 Å². The van der Waals surface area contributed by atoms with Crippen LogP contribution in [-0.2, 0) is 10.0 Å². The zero-order valence-electron chi connectivity index (χ0n) is 17.2. The first-order chi connectivity index (χ1) is 14.3. The van der Waals surface area contributed by atoms with Crippen molar-refractivity contribution in [3.8, 4) is 0 Å². The molecule has 0 spiro atoms. The van der Waals surface area contributed by atoms with Crippen LogP contribution in [0, 0.1) is 13.8 Å². The largest absolute Gasteiger partial charge is 0.421 e. The number of rotatable bonds is 5. The van der Waals surface area contributed by atoms with Crippen LogP contribution in [0.25, 0.3) is 11.0 Å². The number of nitrogens with one attached hydrogen (secondary N) is 2.